The molecule has 0 bridgehead atoms. The van der Waals surface area contributed by atoms with Crippen molar-refractivity contribution >= 4 is 23.8 Å². The van der Waals surface area contributed by atoms with Crippen molar-refractivity contribution in [1.29, 1.82) is 0 Å². The molecule has 2 amide bonds. The molecule has 1 aromatic carbocycles. The zero-order chi connectivity index (χ0) is 31.7. The highest BCUT2D eigenvalue weighted by molar-refractivity contribution is 6.03. The van der Waals surface area contributed by atoms with Crippen LogP contribution in [0.25, 0.3) is 0 Å². The van der Waals surface area contributed by atoms with E-state index in [4.69, 9.17) is 9.47 Å². The smallest absolute Gasteiger partial charge is 0.339 e. The van der Waals surface area contributed by atoms with E-state index in [0.717, 1.165) is 0 Å². The second-order valence-electron chi connectivity index (χ2n) is 14.0. The van der Waals surface area contributed by atoms with E-state index >= 15 is 0 Å². The lowest BCUT2D eigenvalue weighted by molar-refractivity contribution is -0.151. The summed E-state index contributed by atoms with van der Waals surface area (Å²) < 4.78 is 12.0. The van der Waals surface area contributed by atoms with E-state index < -0.39 is 46.3 Å². The summed E-state index contributed by atoms with van der Waals surface area (Å²) in [6.07, 6.45) is 7.55. The van der Waals surface area contributed by atoms with Crippen LogP contribution in [0, 0.1) is 0 Å². The van der Waals surface area contributed by atoms with Crippen LogP contribution in [0.15, 0.2) is 48.6 Å². The summed E-state index contributed by atoms with van der Waals surface area (Å²) in [5.41, 5.74) is -1.92. The first-order valence-corrected chi connectivity index (χ1v) is 14.8. The molecule has 2 fully saturated rings. The zero-order valence-corrected chi connectivity index (χ0v) is 26.9. The van der Waals surface area contributed by atoms with Gasteiger partial charge in [0, 0.05) is 47.8 Å². The van der Waals surface area contributed by atoms with Crippen molar-refractivity contribution in [3.8, 4) is 0 Å². The van der Waals surface area contributed by atoms with Gasteiger partial charge in [-0.25, -0.2) is 9.59 Å². The van der Waals surface area contributed by atoms with Crippen LogP contribution in [-0.2, 0) is 19.1 Å². The van der Waals surface area contributed by atoms with E-state index in [1.165, 1.54) is 0 Å². The van der Waals surface area contributed by atoms with Crippen LogP contribution in [0.5, 0.6) is 0 Å². The molecule has 2 saturated heterocycles. The van der Waals surface area contributed by atoms with Crippen molar-refractivity contribution in [2.75, 3.05) is 0 Å². The molecule has 42 heavy (non-hydrogen) atoms. The quantitative estimate of drug-likeness (QED) is 0.292. The van der Waals surface area contributed by atoms with E-state index in [1.54, 1.807) is 48.6 Å². The molecule has 2 aliphatic rings. The molecule has 2 aliphatic heterocycles. The van der Waals surface area contributed by atoms with E-state index in [2.05, 4.69) is 0 Å². The maximum Gasteiger partial charge on any atom is 0.339 e. The largest absolute Gasteiger partial charge is 0.459 e. The third-order valence-electron chi connectivity index (χ3n) is 8.30. The molecule has 230 valence electrons. The van der Waals surface area contributed by atoms with Crippen molar-refractivity contribution in [3.63, 3.8) is 0 Å². The van der Waals surface area contributed by atoms with Crippen molar-refractivity contribution in [3.05, 3.63) is 59.7 Å². The Bertz CT molecular complexity index is 1140. The normalized spacial score (nSPS) is 21.9. The number of esters is 2. The molecule has 3 rings (SSSR count). The second-order valence-corrected chi connectivity index (χ2v) is 14.0. The van der Waals surface area contributed by atoms with Gasteiger partial charge in [-0.3, -0.25) is 9.59 Å². The third-order valence-corrected chi connectivity index (χ3v) is 8.30. The number of benzene rings is 1. The SMILES string of the molecule is CC=CC(=O)N1C(C)(C)CC(OC(=O)c2ccccc2C(=O)OC2CC(C)(C)N(C(=O)C=CC)C(C)(C)C2)CC1(C)C. The van der Waals surface area contributed by atoms with E-state index in [1.807, 2.05) is 79.0 Å². The summed E-state index contributed by atoms with van der Waals surface area (Å²) in [6, 6.07) is 6.53. The number of hydrogen-bond acceptors (Lipinski definition) is 6. The Morgan fingerprint density at radius 3 is 1.17 bits per heavy atom. The van der Waals surface area contributed by atoms with Gasteiger partial charge in [0.05, 0.1) is 11.1 Å². The molecular formula is C34H48N2O6. The molecule has 1 aromatic rings. The highest BCUT2D eigenvalue weighted by Gasteiger charge is 2.50. The molecule has 8 heteroatoms. The van der Waals surface area contributed by atoms with Crippen molar-refractivity contribution in [1.82, 2.24) is 9.80 Å². The highest BCUT2D eigenvalue weighted by Crippen LogP contribution is 2.41. The Hall–Kier alpha value is -3.42. The molecular weight excluding hydrogens is 532 g/mol. The topological polar surface area (TPSA) is 93.2 Å². The van der Waals surface area contributed by atoms with Gasteiger partial charge < -0.3 is 19.3 Å². The number of hydrogen-bond donors (Lipinski definition) is 0. The van der Waals surface area contributed by atoms with Crippen molar-refractivity contribution in [2.24, 2.45) is 0 Å². The number of amides is 2. The number of carbonyl (C=O) groups is 4. The Morgan fingerprint density at radius 2 is 0.905 bits per heavy atom. The predicted molar refractivity (Wildman–Crippen MR) is 163 cm³/mol. The first kappa shape index (κ1) is 33.1. The van der Waals surface area contributed by atoms with Gasteiger partial charge in [0.1, 0.15) is 12.2 Å². The van der Waals surface area contributed by atoms with Crippen LogP contribution < -0.4 is 0 Å². The van der Waals surface area contributed by atoms with Gasteiger partial charge in [0.15, 0.2) is 0 Å². The molecule has 8 nitrogen and oxygen atoms in total. The number of nitrogens with zero attached hydrogens (tertiary/aromatic N) is 2. The van der Waals surface area contributed by atoms with Crippen LogP contribution in [0.1, 0.15) is 116 Å². The molecule has 0 saturated carbocycles. The summed E-state index contributed by atoms with van der Waals surface area (Å²) in [7, 11) is 0. The molecule has 2 heterocycles. The first-order valence-electron chi connectivity index (χ1n) is 14.8. The minimum absolute atomic E-state index is 0.0752. The highest BCUT2D eigenvalue weighted by atomic mass is 16.6. The Labute approximate surface area is 251 Å². The number of rotatable bonds is 6. The number of ether oxygens (including phenoxy) is 2. The summed E-state index contributed by atoms with van der Waals surface area (Å²) in [5.74, 6) is -1.35. The van der Waals surface area contributed by atoms with Gasteiger partial charge in [0.2, 0.25) is 11.8 Å². The summed E-state index contributed by atoms with van der Waals surface area (Å²) in [5, 5.41) is 0. The van der Waals surface area contributed by atoms with E-state index in [0.29, 0.717) is 25.7 Å². The Morgan fingerprint density at radius 1 is 0.619 bits per heavy atom. The third kappa shape index (κ3) is 6.96. The Balaban J connectivity index is 1.78. The van der Waals surface area contributed by atoms with Crippen molar-refractivity contribution in [2.45, 2.75) is 129 Å². The fourth-order valence-electron chi connectivity index (χ4n) is 7.44. The number of likely N-dealkylation sites (tertiary alicyclic amines) is 2. The monoisotopic (exact) mass is 580 g/mol. The molecule has 0 unspecified atom stereocenters. The molecule has 0 N–H and O–H groups in total. The average Bonchev–Trinajstić information content (AvgIpc) is 2.81. The molecule has 0 aliphatic carbocycles. The standard InChI is InChI=1S/C34H48N2O6/c1-11-15-27(37)35-31(3,4)19-23(20-32(35,5)6)41-29(39)25-17-13-14-18-26(25)30(40)42-24-21-33(7,8)36(28(38)16-12-2)34(9,10)22-24/h11-18,23-24H,19-22H2,1-10H3. The maximum atomic E-state index is 13.5. The molecule has 0 spiro atoms. The second kappa shape index (κ2) is 12.1. The summed E-state index contributed by atoms with van der Waals surface area (Å²) >= 11 is 0. The molecule has 0 aromatic heterocycles. The fraction of sp³-hybridized carbons (Fsp3) is 0.588. The predicted octanol–water partition coefficient (Wildman–Crippen LogP) is 6.25. The van der Waals surface area contributed by atoms with E-state index in [9.17, 15) is 19.2 Å². The summed E-state index contributed by atoms with van der Waals surface area (Å²) in [4.78, 5) is 56.4. The van der Waals surface area contributed by atoms with Crippen LogP contribution in [0.3, 0.4) is 0 Å². The average molecular weight is 581 g/mol. The first-order chi connectivity index (χ1) is 19.4. The number of carbonyl (C=O) groups excluding carboxylic acids is 4. The molecule has 0 atom stereocenters. The van der Waals surface area contributed by atoms with Gasteiger partial charge in [-0.2, -0.15) is 0 Å². The fourth-order valence-corrected chi connectivity index (χ4v) is 7.44. The van der Waals surface area contributed by atoms with Gasteiger partial charge in [0.25, 0.3) is 0 Å². The van der Waals surface area contributed by atoms with Gasteiger partial charge >= 0.3 is 11.9 Å². The van der Waals surface area contributed by atoms with Crippen LogP contribution in [0.4, 0.5) is 0 Å². The van der Waals surface area contributed by atoms with Crippen molar-refractivity contribution < 1.29 is 28.7 Å². The summed E-state index contributed by atoms with van der Waals surface area (Å²) in [6.45, 7) is 19.4. The van der Waals surface area contributed by atoms with Crippen LogP contribution >= 0.6 is 0 Å². The zero-order valence-electron chi connectivity index (χ0n) is 26.9. The number of allylic oxidation sites excluding steroid dienone is 2. The number of piperidine rings is 2. The minimum Gasteiger partial charge on any atom is -0.459 e. The van der Waals surface area contributed by atoms with E-state index in [-0.39, 0.29) is 22.9 Å². The maximum absolute atomic E-state index is 13.5. The lowest BCUT2D eigenvalue weighted by Gasteiger charge is -2.54. The lowest BCUT2D eigenvalue weighted by atomic mass is 9.77. The van der Waals surface area contributed by atoms with Gasteiger partial charge in [-0.15, -0.1) is 0 Å². The van der Waals surface area contributed by atoms with Gasteiger partial charge in [-0.1, -0.05) is 24.3 Å². The van der Waals surface area contributed by atoms with Crippen LogP contribution in [0.2, 0.25) is 0 Å². The van der Waals surface area contributed by atoms with Gasteiger partial charge in [-0.05, 0) is 93.5 Å². The lowest BCUT2D eigenvalue weighted by Crippen LogP contribution is -2.64. The molecule has 0 radical (unpaired) electrons. The van der Waals surface area contributed by atoms with Crippen LogP contribution in [-0.4, -0.2) is 67.9 Å². The Kier molecular flexibility index (Phi) is 9.50. The minimum atomic E-state index is -0.597.